The molecule has 6 heteroatoms. The molecule has 1 aromatic rings. The SMILES string of the molecule is CSC1(CNc2ccc(C(N)=O)nn2)CCCC1. The molecule has 0 spiro atoms. The Bertz CT molecular complexity index is 415. The Morgan fingerprint density at radius 3 is 2.67 bits per heavy atom. The van der Waals surface area contributed by atoms with Crippen molar-refractivity contribution < 1.29 is 4.79 Å². The molecule has 5 nitrogen and oxygen atoms in total. The summed E-state index contributed by atoms with van der Waals surface area (Å²) in [6, 6.07) is 3.34. The third kappa shape index (κ3) is 2.93. The zero-order valence-electron chi connectivity index (χ0n) is 10.5. The molecule has 18 heavy (non-hydrogen) atoms. The first-order chi connectivity index (χ1) is 8.65. The summed E-state index contributed by atoms with van der Waals surface area (Å²) in [5, 5.41) is 11.0. The van der Waals surface area contributed by atoms with Crippen molar-refractivity contribution in [1.82, 2.24) is 10.2 Å². The molecular weight excluding hydrogens is 248 g/mol. The number of nitrogens with two attached hydrogens (primary N) is 1. The lowest BCUT2D eigenvalue weighted by atomic mass is 10.1. The third-order valence-electron chi connectivity index (χ3n) is 3.46. The minimum atomic E-state index is -0.551. The average molecular weight is 266 g/mol. The number of nitrogens with one attached hydrogen (secondary N) is 1. The number of aromatic nitrogens is 2. The van der Waals surface area contributed by atoms with Crippen LogP contribution in [0.1, 0.15) is 36.2 Å². The molecule has 3 N–H and O–H groups in total. The number of carbonyl (C=O) groups excluding carboxylic acids is 1. The van der Waals surface area contributed by atoms with Gasteiger partial charge in [-0.1, -0.05) is 12.8 Å². The Morgan fingerprint density at radius 2 is 2.17 bits per heavy atom. The van der Waals surface area contributed by atoms with Crippen LogP contribution in [-0.4, -0.2) is 33.7 Å². The van der Waals surface area contributed by atoms with Crippen molar-refractivity contribution in [2.45, 2.75) is 30.4 Å². The zero-order chi connectivity index (χ0) is 13.0. The number of carbonyl (C=O) groups is 1. The fourth-order valence-electron chi connectivity index (χ4n) is 2.28. The third-order valence-corrected chi connectivity index (χ3v) is 4.88. The quantitative estimate of drug-likeness (QED) is 0.847. The van der Waals surface area contributed by atoms with E-state index in [1.165, 1.54) is 25.7 Å². The van der Waals surface area contributed by atoms with E-state index in [-0.39, 0.29) is 5.69 Å². The number of hydrogen-bond acceptors (Lipinski definition) is 5. The molecule has 1 aliphatic carbocycles. The molecular formula is C12H18N4OS. The van der Waals surface area contributed by atoms with Crippen molar-refractivity contribution in [1.29, 1.82) is 0 Å². The average Bonchev–Trinajstić information content (AvgIpc) is 2.86. The van der Waals surface area contributed by atoms with E-state index in [1.54, 1.807) is 12.1 Å². The van der Waals surface area contributed by atoms with Gasteiger partial charge in [0.25, 0.3) is 5.91 Å². The summed E-state index contributed by atoms with van der Waals surface area (Å²) in [5.41, 5.74) is 5.31. The second-order valence-corrected chi connectivity index (χ2v) is 5.89. The first-order valence-corrected chi connectivity index (χ1v) is 7.30. The molecule has 0 radical (unpaired) electrons. The molecule has 0 bridgehead atoms. The normalized spacial score (nSPS) is 17.6. The molecule has 0 saturated heterocycles. The molecule has 0 aliphatic heterocycles. The highest BCUT2D eigenvalue weighted by Crippen LogP contribution is 2.40. The maximum absolute atomic E-state index is 10.9. The van der Waals surface area contributed by atoms with Crippen molar-refractivity contribution in [3.05, 3.63) is 17.8 Å². The van der Waals surface area contributed by atoms with Crippen molar-refractivity contribution in [3.8, 4) is 0 Å². The van der Waals surface area contributed by atoms with Gasteiger partial charge in [-0.05, 0) is 31.2 Å². The summed E-state index contributed by atoms with van der Waals surface area (Å²) in [6.07, 6.45) is 7.25. The first kappa shape index (κ1) is 13.1. The highest BCUT2D eigenvalue weighted by Gasteiger charge is 2.32. The molecule has 0 atom stereocenters. The van der Waals surface area contributed by atoms with Gasteiger partial charge in [0.2, 0.25) is 0 Å². The molecule has 1 aliphatic rings. The molecule has 1 aromatic heterocycles. The summed E-state index contributed by atoms with van der Waals surface area (Å²) in [6.45, 7) is 0.888. The first-order valence-electron chi connectivity index (χ1n) is 6.08. The number of amides is 1. The Kier molecular flexibility index (Phi) is 4.06. The van der Waals surface area contributed by atoms with Crippen LogP contribution in [0.3, 0.4) is 0 Å². The second kappa shape index (κ2) is 5.56. The van der Waals surface area contributed by atoms with Crippen molar-refractivity contribution >= 4 is 23.5 Å². The lowest BCUT2D eigenvalue weighted by molar-refractivity contribution is 0.0994. The zero-order valence-corrected chi connectivity index (χ0v) is 11.3. The maximum atomic E-state index is 10.9. The van der Waals surface area contributed by atoms with E-state index in [1.807, 2.05) is 11.8 Å². The maximum Gasteiger partial charge on any atom is 0.269 e. The Morgan fingerprint density at radius 1 is 1.44 bits per heavy atom. The number of anilines is 1. The van der Waals surface area contributed by atoms with E-state index in [2.05, 4.69) is 21.8 Å². The van der Waals surface area contributed by atoms with Crippen LogP contribution in [0, 0.1) is 0 Å². The van der Waals surface area contributed by atoms with Gasteiger partial charge in [0.1, 0.15) is 5.82 Å². The van der Waals surface area contributed by atoms with Crippen molar-refractivity contribution in [2.24, 2.45) is 5.73 Å². The van der Waals surface area contributed by atoms with Gasteiger partial charge in [0.05, 0.1) is 0 Å². The highest BCUT2D eigenvalue weighted by molar-refractivity contribution is 8.00. The summed E-state index contributed by atoms with van der Waals surface area (Å²) in [5.74, 6) is 0.144. The minimum Gasteiger partial charge on any atom is -0.367 e. The predicted octanol–water partition coefficient (Wildman–Crippen LogP) is 1.66. The molecule has 0 unspecified atom stereocenters. The fourth-order valence-corrected chi connectivity index (χ4v) is 3.20. The summed E-state index contributed by atoms with van der Waals surface area (Å²) < 4.78 is 0.323. The van der Waals surface area contributed by atoms with Gasteiger partial charge in [-0.25, -0.2) is 0 Å². The summed E-state index contributed by atoms with van der Waals surface area (Å²) >= 11 is 1.92. The van der Waals surface area contributed by atoms with Crippen LogP contribution in [0.15, 0.2) is 12.1 Å². The van der Waals surface area contributed by atoms with Crippen LogP contribution < -0.4 is 11.1 Å². The minimum absolute atomic E-state index is 0.195. The molecule has 1 heterocycles. The number of nitrogens with zero attached hydrogens (tertiary/aromatic N) is 2. The summed E-state index contributed by atoms with van der Waals surface area (Å²) in [7, 11) is 0. The topological polar surface area (TPSA) is 80.9 Å². The number of primary amides is 1. The molecule has 1 saturated carbocycles. The van der Waals surface area contributed by atoms with E-state index < -0.39 is 5.91 Å². The molecule has 98 valence electrons. The number of thioether (sulfide) groups is 1. The Balaban J connectivity index is 1.95. The van der Waals surface area contributed by atoms with E-state index in [9.17, 15) is 4.79 Å². The van der Waals surface area contributed by atoms with Gasteiger partial charge in [-0.2, -0.15) is 11.8 Å². The Hall–Kier alpha value is -1.30. The van der Waals surface area contributed by atoms with Crippen molar-refractivity contribution in [2.75, 3.05) is 18.1 Å². The van der Waals surface area contributed by atoms with Gasteiger partial charge in [-0.3, -0.25) is 4.79 Å². The fraction of sp³-hybridized carbons (Fsp3) is 0.583. The largest absolute Gasteiger partial charge is 0.367 e. The van der Waals surface area contributed by atoms with Gasteiger partial charge < -0.3 is 11.1 Å². The van der Waals surface area contributed by atoms with E-state index in [0.717, 1.165) is 6.54 Å². The Labute approximate surface area is 111 Å². The highest BCUT2D eigenvalue weighted by atomic mass is 32.2. The second-order valence-electron chi connectivity index (χ2n) is 4.62. The smallest absolute Gasteiger partial charge is 0.269 e. The van der Waals surface area contributed by atoms with Gasteiger partial charge >= 0.3 is 0 Å². The van der Waals surface area contributed by atoms with Crippen LogP contribution in [0.25, 0.3) is 0 Å². The lowest BCUT2D eigenvalue weighted by Crippen LogP contribution is -2.30. The van der Waals surface area contributed by atoms with Gasteiger partial charge in [0, 0.05) is 11.3 Å². The van der Waals surface area contributed by atoms with Crippen LogP contribution >= 0.6 is 11.8 Å². The van der Waals surface area contributed by atoms with Gasteiger partial charge in [-0.15, -0.1) is 10.2 Å². The molecule has 1 amide bonds. The van der Waals surface area contributed by atoms with E-state index in [4.69, 9.17) is 5.73 Å². The predicted molar refractivity (Wildman–Crippen MR) is 73.8 cm³/mol. The molecule has 2 rings (SSSR count). The van der Waals surface area contributed by atoms with E-state index >= 15 is 0 Å². The summed E-state index contributed by atoms with van der Waals surface area (Å²) in [4.78, 5) is 10.9. The lowest BCUT2D eigenvalue weighted by Gasteiger charge is -2.27. The van der Waals surface area contributed by atoms with Crippen LogP contribution in [-0.2, 0) is 0 Å². The molecule has 1 fully saturated rings. The van der Waals surface area contributed by atoms with Crippen LogP contribution in [0.4, 0.5) is 5.82 Å². The van der Waals surface area contributed by atoms with Crippen molar-refractivity contribution in [3.63, 3.8) is 0 Å². The number of rotatable bonds is 5. The van der Waals surface area contributed by atoms with E-state index in [0.29, 0.717) is 10.6 Å². The van der Waals surface area contributed by atoms with Crippen LogP contribution in [0.5, 0.6) is 0 Å². The van der Waals surface area contributed by atoms with Gasteiger partial charge in [0.15, 0.2) is 5.69 Å². The number of hydrogen-bond donors (Lipinski definition) is 2. The molecule has 0 aromatic carbocycles. The monoisotopic (exact) mass is 266 g/mol. The van der Waals surface area contributed by atoms with Crippen LogP contribution in [0.2, 0.25) is 0 Å². The standard InChI is InChI=1S/C12H18N4OS/c1-18-12(6-2-3-7-12)8-14-10-5-4-9(11(13)17)15-16-10/h4-5H,2-3,6-8H2,1H3,(H2,13,17)(H,14,16).